The molecule has 2 aliphatic rings. The molecule has 0 aromatic carbocycles. The zero-order valence-corrected chi connectivity index (χ0v) is 8.84. The highest BCUT2D eigenvalue weighted by atomic mass is 15.3. The van der Waals surface area contributed by atoms with Crippen molar-refractivity contribution in [1.29, 1.82) is 0 Å². The molecule has 0 aromatic heterocycles. The average molecular weight is 180 g/mol. The average Bonchev–Trinajstić information content (AvgIpc) is 2.29. The summed E-state index contributed by atoms with van der Waals surface area (Å²) in [6.07, 6.45) is 6.77. The Kier molecular flexibility index (Phi) is 2.47. The van der Waals surface area contributed by atoms with Gasteiger partial charge < -0.3 is 9.80 Å². The van der Waals surface area contributed by atoms with Gasteiger partial charge in [0, 0.05) is 27.2 Å². The summed E-state index contributed by atoms with van der Waals surface area (Å²) in [5.74, 6) is 1.53. The van der Waals surface area contributed by atoms with Crippen molar-refractivity contribution in [2.24, 2.45) is 0 Å². The molecule has 0 radical (unpaired) electrons. The Balaban J connectivity index is 2.26. The summed E-state index contributed by atoms with van der Waals surface area (Å²) in [5.41, 5.74) is 1.70. The lowest BCUT2D eigenvalue weighted by Gasteiger charge is -2.35. The first-order valence-electron chi connectivity index (χ1n) is 5.43. The second-order valence-corrected chi connectivity index (χ2v) is 4.33. The van der Waals surface area contributed by atoms with E-state index in [-0.39, 0.29) is 0 Å². The van der Waals surface area contributed by atoms with E-state index in [0.717, 1.165) is 0 Å². The van der Waals surface area contributed by atoms with Crippen LogP contribution in [0.1, 0.15) is 32.1 Å². The molecule has 2 heterocycles. The van der Waals surface area contributed by atoms with Crippen molar-refractivity contribution >= 4 is 0 Å². The van der Waals surface area contributed by atoms with E-state index in [1.54, 1.807) is 5.57 Å². The Labute approximate surface area is 81.2 Å². The molecule has 0 unspecified atom stereocenters. The Bertz CT molecular complexity index is 220. The molecule has 2 heteroatoms. The molecular weight excluding hydrogens is 160 g/mol. The third kappa shape index (κ3) is 1.67. The fraction of sp³-hybridized carbons (Fsp3) is 0.818. The van der Waals surface area contributed by atoms with E-state index in [4.69, 9.17) is 0 Å². The van der Waals surface area contributed by atoms with Crippen LogP contribution in [0.5, 0.6) is 0 Å². The molecule has 0 saturated heterocycles. The zero-order valence-electron chi connectivity index (χ0n) is 8.84. The van der Waals surface area contributed by atoms with Crippen molar-refractivity contribution in [2.75, 3.05) is 27.2 Å². The van der Waals surface area contributed by atoms with Gasteiger partial charge in [-0.05, 0) is 37.7 Å². The molecular formula is C11H20N2. The fourth-order valence-corrected chi connectivity index (χ4v) is 2.61. The van der Waals surface area contributed by atoms with Gasteiger partial charge in [-0.25, -0.2) is 0 Å². The molecule has 0 spiro atoms. The molecule has 0 atom stereocenters. The van der Waals surface area contributed by atoms with E-state index in [1.165, 1.54) is 51.0 Å². The van der Waals surface area contributed by atoms with Gasteiger partial charge >= 0.3 is 0 Å². The van der Waals surface area contributed by atoms with Crippen molar-refractivity contribution in [1.82, 2.24) is 9.80 Å². The molecule has 2 rings (SSSR count). The van der Waals surface area contributed by atoms with Crippen LogP contribution in [0.15, 0.2) is 11.4 Å². The highest BCUT2D eigenvalue weighted by Gasteiger charge is 2.21. The lowest BCUT2D eigenvalue weighted by molar-refractivity contribution is 0.250. The van der Waals surface area contributed by atoms with Crippen LogP contribution in [0.4, 0.5) is 0 Å². The summed E-state index contributed by atoms with van der Waals surface area (Å²) in [4.78, 5) is 4.88. The smallest absolute Gasteiger partial charge is 0.103 e. The molecule has 0 bridgehead atoms. The molecule has 74 valence electrons. The van der Waals surface area contributed by atoms with Gasteiger partial charge in [0.15, 0.2) is 0 Å². The van der Waals surface area contributed by atoms with Gasteiger partial charge in [0.25, 0.3) is 0 Å². The quantitative estimate of drug-likeness (QED) is 0.563. The second kappa shape index (κ2) is 3.60. The Morgan fingerprint density at radius 2 is 1.46 bits per heavy atom. The van der Waals surface area contributed by atoms with Crippen LogP contribution in [0, 0.1) is 0 Å². The largest absolute Gasteiger partial charge is 0.361 e. The van der Waals surface area contributed by atoms with E-state index in [0.29, 0.717) is 0 Å². The molecule has 2 aliphatic heterocycles. The van der Waals surface area contributed by atoms with Crippen LogP contribution in [-0.4, -0.2) is 37.0 Å². The minimum Gasteiger partial charge on any atom is -0.361 e. The van der Waals surface area contributed by atoms with Crippen LogP contribution in [-0.2, 0) is 0 Å². The van der Waals surface area contributed by atoms with E-state index in [1.807, 2.05) is 0 Å². The molecule has 0 aliphatic carbocycles. The maximum Gasteiger partial charge on any atom is 0.103 e. The second-order valence-electron chi connectivity index (χ2n) is 4.33. The van der Waals surface area contributed by atoms with Crippen LogP contribution < -0.4 is 0 Å². The molecule has 0 saturated carbocycles. The van der Waals surface area contributed by atoms with Gasteiger partial charge in [0.2, 0.25) is 0 Å². The molecule has 13 heavy (non-hydrogen) atoms. The maximum atomic E-state index is 2.45. The van der Waals surface area contributed by atoms with Gasteiger partial charge in [-0.2, -0.15) is 0 Å². The third-order valence-electron chi connectivity index (χ3n) is 3.23. The Hall–Kier alpha value is -0.660. The van der Waals surface area contributed by atoms with Crippen molar-refractivity contribution in [3.63, 3.8) is 0 Å². The fourth-order valence-electron chi connectivity index (χ4n) is 2.61. The van der Waals surface area contributed by atoms with E-state index < -0.39 is 0 Å². The minimum atomic E-state index is 1.24. The normalized spacial score (nSPS) is 24.5. The number of hydrogen-bond donors (Lipinski definition) is 0. The summed E-state index contributed by atoms with van der Waals surface area (Å²) in [7, 11) is 4.47. The Morgan fingerprint density at radius 3 is 2.23 bits per heavy atom. The summed E-state index contributed by atoms with van der Waals surface area (Å²) in [5, 5.41) is 0. The highest BCUT2D eigenvalue weighted by molar-refractivity contribution is 5.16. The van der Waals surface area contributed by atoms with Crippen LogP contribution in [0.25, 0.3) is 0 Å². The van der Waals surface area contributed by atoms with E-state index in [9.17, 15) is 0 Å². The topological polar surface area (TPSA) is 6.48 Å². The lowest BCUT2D eigenvalue weighted by Crippen LogP contribution is -2.34. The SMILES string of the molecule is CN1CCCCC2=C1N(C)CCC2. The van der Waals surface area contributed by atoms with Gasteiger partial charge in [0.05, 0.1) is 0 Å². The van der Waals surface area contributed by atoms with E-state index >= 15 is 0 Å². The summed E-state index contributed by atoms with van der Waals surface area (Å²) >= 11 is 0. The van der Waals surface area contributed by atoms with Crippen LogP contribution in [0.3, 0.4) is 0 Å². The van der Waals surface area contributed by atoms with Gasteiger partial charge in [-0.3, -0.25) is 0 Å². The maximum absolute atomic E-state index is 2.45. The predicted octanol–water partition coefficient (Wildman–Crippen LogP) is 2.04. The van der Waals surface area contributed by atoms with E-state index in [2.05, 4.69) is 23.9 Å². The summed E-state index contributed by atoms with van der Waals surface area (Å²) < 4.78 is 0. The summed E-state index contributed by atoms with van der Waals surface area (Å²) in [6.45, 7) is 2.48. The molecule has 0 N–H and O–H groups in total. The molecule has 0 fully saturated rings. The lowest BCUT2D eigenvalue weighted by atomic mass is 10.0. The number of hydrogen-bond acceptors (Lipinski definition) is 2. The highest BCUT2D eigenvalue weighted by Crippen LogP contribution is 2.29. The van der Waals surface area contributed by atoms with Crippen molar-refractivity contribution in [2.45, 2.75) is 32.1 Å². The monoisotopic (exact) mass is 180 g/mol. The number of rotatable bonds is 0. The summed E-state index contributed by atoms with van der Waals surface area (Å²) in [6, 6.07) is 0. The Morgan fingerprint density at radius 1 is 0.846 bits per heavy atom. The minimum absolute atomic E-state index is 1.24. The first-order chi connectivity index (χ1) is 6.29. The van der Waals surface area contributed by atoms with Gasteiger partial charge in [0.1, 0.15) is 5.82 Å². The third-order valence-corrected chi connectivity index (χ3v) is 3.23. The predicted molar refractivity (Wildman–Crippen MR) is 55.4 cm³/mol. The molecule has 0 aromatic rings. The van der Waals surface area contributed by atoms with Crippen LogP contribution >= 0.6 is 0 Å². The van der Waals surface area contributed by atoms with Crippen molar-refractivity contribution < 1.29 is 0 Å². The number of allylic oxidation sites excluding steroid dienone is 1. The molecule has 0 amide bonds. The first-order valence-corrected chi connectivity index (χ1v) is 5.43. The number of nitrogens with zero attached hydrogens (tertiary/aromatic N) is 2. The van der Waals surface area contributed by atoms with Gasteiger partial charge in [-0.1, -0.05) is 0 Å². The molecule has 2 nitrogen and oxygen atoms in total. The van der Waals surface area contributed by atoms with Gasteiger partial charge in [-0.15, -0.1) is 0 Å². The van der Waals surface area contributed by atoms with Crippen LogP contribution in [0.2, 0.25) is 0 Å². The van der Waals surface area contributed by atoms with Crippen molar-refractivity contribution in [3.8, 4) is 0 Å². The first kappa shape index (κ1) is 8.92. The van der Waals surface area contributed by atoms with Crippen molar-refractivity contribution in [3.05, 3.63) is 11.4 Å². The zero-order chi connectivity index (χ0) is 9.26. The standard InChI is InChI=1S/C11H20N2/c1-12-8-4-3-6-10-7-5-9-13(2)11(10)12/h3-9H2,1-2H3.